The van der Waals surface area contributed by atoms with E-state index in [1.54, 1.807) is 24.3 Å². The van der Waals surface area contributed by atoms with E-state index in [4.69, 9.17) is 0 Å². The van der Waals surface area contributed by atoms with Crippen LogP contribution in [-0.4, -0.2) is 17.6 Å². The Hall–Kier alpha value is -1.49. The maximum Gasteiger partial charge on any atom is 0.224 e. The smallest absolute Gasteiger partial charge is 0.224 e. The van der Waals surface area contributed by atoms with Crippen LogP contribution in [0.25, 0.3) is 0 Å². The number of anilines is 2. The predicted octanol–water partition coefficient (Wildman–Crippen LogP) is 2.68. The van der Waals surface area contributed by atoms with Crippen LogP contribution in [0.4, 0.5) is 11.4 Å². The van der Waals surface area contributed by atoms with Gasteiger partial charge in [-0.3, -0.25) is 9.59 Å². The van der Waals surface area contributed by atoms with Crippen molar-refractivity contribution in [3.63, 3.8) is 0 Å². The lowest BCUT2D eigenvalue weighted by Gasteiger charge is -2.12. The lowest BCUT2D eigenvalue weighted by molar-refractivity contribution is -0.117. The Labute approximate surface area is 118 Å². The van der Waals surface area contributed by atoms with E-state index >= 15 is 0 Å². The van der Waals surface area contributed by atoms with Gasteiger partial charge >= 0.3 is 0 Å². The molecule has 0 radical (unpaired) electrons. The number of hydrogen-bond donors (Lipinski definition) is 3. The Kier molecular flexibility index (Phi) is 4.14. The number of amides is 2. The van der Waals surface area contributed by atoms with Crippen molar-refractivity contribution in [3.05, 3.63) is 24.3 Å². The first-order valence-corrected chi connectivity index (χ1v) is 6.95. The molecule has 0 aliphatic heterocycles. The fourth-order valence-electron chi connectivity index (χ4n) is 1.95. The molecule has 2 rings (SSSR count). The molecule has 1 saturated carbocycles. The summed E-state index contributed by atoms with van der Waals surface area (Å²) in [5.74, 6) is 0.682. The molecule has 1 aromatic rings. The van der Waals surface area contributed by atoms with Crippen LogP contribution in [0.2, 0.25) is 0 Å². The number of carbonyl (C=O) groups excluding carboxylic acids is 2. The highest BCUT2D eigenvalue weighted by molar-refractivity contribution is 7.80. The molecule has 2 N–H and O–H groups in total. The molecular formula is C14H18N2O2S. The van der Waals surface area contributed by atoms with Gasteiger partial charge in [0.25, 0.3) is 0 Å². The monoisotopic (exact) mass is 278 g/mol. The number of hydrogen-bond acceptors (Lipinski definition) is 3. The van der Waals surface area contributed by atoms with Gasteiger partial charge in [-0.1, -0.05) is 0 Å². The SMILES string of the molecule is CC(=O)Nc1ccc(NC(=O)CC2(CS)CC2)cc1. The van der Waals surface area contributed by atoms with Crippen molar-refractivity contribution in [2.24, 2.45) is 5.41 Å². The number of rotatable bonds is 5. The highest BCUT2D eigenvalue weighted by Crippen LogP contribution is 2.49. The number of nitrogens with one attached hydrogen (secondary N) is 2. The average molecular weight is 278 g/mol. The van der Waals surface area contributed by atoms with E-state index in [0.717, 1.165) is 30.0 Å². The first-order chi connectivity index (χ1) is 9.03. The maximum atomic E-state index is 11.9. The molecule has 0 unspecified atom stereocenters. The van der Waals surface area contributed by atoms with Crippen molar-refractivity contribution >= 4 is 35.8 Å². The van der Waals surface area contributed by atoms with Gasteiger partial charge in [0.15, 0.2) is 0 Å². The molecular weight excluding hydrogens is 260 g/mol. The molecule has 1 fully saturated rings. The van der Waals surface area contributed by atoms with Crippen LogP contribution in [0.5, 0.6) is 0 Å². The summed E-state index contributed by atoms with van der Waals surface area (Å²) in [6.07, 6.45) is 2.71. The molecule has 0 heterocycles. The standard InChI is InChI=1S/C14H18N2O2S/c1-10(17)15-11-2-4-12(5-3-11)16-13(18)8-14(9-19)6-7-14/h2-5,19H,6-9H2,1H3,(H,15,17)(H,16,18). The minimum Gasteiger partial charge on any atom is -0.326 e. The van der Waals surface area contributed by atoms with Gasteiger partial charge in [0.05, 0.1) is 0 Å². The van der Waals surface area contributed by atoms with Crippen molar-refractivity contribution in [1.82, 2.24) is 0 Å². The summed E-state index contributed by atoms with van der Waals surface area (Å²) < 4.78 is 0. The quantitative estimate of drug-likeness (QED) is 0.725. The lowest BCUT2D eigenvalue weighted by atomic mass is 10.1. The molecule has 1 aromatic carbocycles. The Balaban J connectivity index is 1.88. The second-order valence-electron chi connectivity index (χ2n) is 5.14. The third kappa shape index (κ3) is 3.99. The zero-order valence-corrected chi connectivity index (χ0v) is 11.8. The zero-order valence-electron chi connectivity index (χ0n) is 10.9. The van der Waals surface area contributed by atoms with Gasteiger partial charge in [-0.15, -0.1) is 0 Å². The molecule has 4 nitrogen and oxygen atoms in total. The van der Waals surface area contributed by atoms with Crippen molar-refractivity contribution in [2.45, 2.75) is 26.2 Å². The fraction of sp³-hybridized carbons (Fsp3) is 0.429. The minimum absolute atomic E-state index is 0.0267. The molecule has 0 atom stereocenters. The lowest BCUT2D eigenvalue weighted by Crippen LogP contribution is -2.18. The summed E-state index contributed by atoms with van der Waals surface area (Å²) in [5.41, 5.74) is 1.59. The van der Waals surface area contributed by atoms with Gasteiger partial charge in [0, 0.05) is 24.7 Å². The van der Waals surface area contributed by atoms with Gasteiger partial charge < -0.3 is 10.6 Å². The van der Waals surface area contributed by atoms with Crippen molar-refractivity contribution in [2.75, 3.05) is 16.4 Å². The second-order valence-corrected chi connectivity index (χ2v) is 5.46. The molecule has 0 saturated heterocycles. The third-order valence-electron chi connectivity index (χ3n) is 3.32. The van der Waals surface area contributed by atoms with E-state index in [1.165, 1.54) is 6.92 Å². The number of thiol groups is 1. The summed E-state index contributed by atoms with van der Waals surface area (Å²) in [5, 5.41) is 5.55. The van der Waals surface area contributed by atoms with Crippen molar-refractivity contribution < 1.29 is 9.59 Å². The Morgan fingerprint density at radius 3 is 2.11 bits per heavy atom. The normalized spacial score (nSPS) is 15.7. The first kappa shape index (κ1) is 13.9. The summed E-state index contributed by atoms with van der Waals surface area (Å²) in [7, 11) is 0. The van der Waals surface area contributed by atoms with E-state index < -0.39 is 0 Å². The van der Waals surface area contributed by atoms with Gasteiger partial charge in [-0.2, -0.15) is 12.6 Å². The van der Waals surface area contributed by atoms with Crippen molar-refractivity contribution in [1.29, 1.82) is 0 Å². The maximum absolute atomic E-state index is 11.9. The van der Waals surface area contributed by atoms with Crippen LogP contribution in [0, 0.1) is 5.41 Å². The second kappa shape index (κ2) is 5.65. The Morgan fingerprint density at radius 1 is 1.16 bits per heavy atom. The van der Waals surface area contributed by atoms with Gasteiger partial charge in [0.2, 0.25) is 11.8 Å². The minimum atomic E-state index is -0.110. The van der Waals surface area contributed by atoms with Gasteiger partial charge in [-0.25, -0.2) is 0 Å². The average Bonchev–Trinajstić information content (AvgIpc) is 3.11. The number of carbonyl (C=O) groups is 2. The van der Waals surface area contributed by atoms with E-state index in [-0.39, 0.29) is 17.2 Å². The molecule has 102 valence electrons. The molecule has 5 heteroatoms. The molecule has 0 aromatic heterocycles. The topological polar surface area (TPSA) is 58.2 Å². The van der Waals surface area contributed by atoms with Gasteiger partial charge in [0.1, 0.15) is 0 Å². The van der Waals surface area contributed by atoms with Crippen molar-refractivity contribution in [3.8, 4) is 0 Å². The van der Waals surface area contributed by atoms with Crippen LogP contribution in [0.15, 0.2) is 24.3 Å². The third-order valence-corrected chi connectivity index (χ3v) is 3.99. The number of benzene rings is 1. The van der Waals surface area contributed by atoms with E-state index in [0.29, 0.717) is 6.42 Å². The van der Waals surface area contributed by atoms with Crippen LogP contribution in [0.1, 0.15) is 26.2 Å². The van der Waals surface area contributed by atoms with Crippen LogP contribution in [0.3, 0.4) is 0 Å². The summed E-state index contributed by atoms with van der Waals surface area (Å²) in [6, 6.07) is 7.10. The van der Waals surface area contributed by atoms with Crippen LogP contribution in [-0.2, 0) is 9.59 Å². The summed E-state index contributed by atoms with van der Waals surface area (Å²) >= 11 is 4.29. The van der Waals surface area contributed by atoms with Crippen LogP contribution >= 0.6 is 12.6 Å². The Bertz CT molecular complexity index is 481. The zero-order chi connectivity index (χ0) is 13.9. The Morgan fingerprint density at radius 2 is 1.68 bits per heavy atom. The first-order valence-electron chi connectivity index (χ1n) is 6.31. The molecule has 2 amide bonds. The van der Waals surface area contributed by atoms with E-state index in [9.17, 15) is 9.59 Å². The fourth-order valence-corrected chi connectivity index (χ4v) is 2.38. The van der Waals surface area contributed by atoms with E-state index in [1.807, 2.05) is 0 Å². The molecule has 0 bridgehead atoms. The molecule has 1 aliphatic rings. The molecule has 19 heavy (non-hydrogen) atoms. The summed E-state index contributed by atoms with van der Waals surface area (Å²) in [4.78, 5) is 22.8. The highest BCUT2D eigenvalue weighted by atomic mass is 32.1. The summed E-state index contributed by atoms with van der Waals surface area (Å²) in [6.45, 7) is 1.46. The van der Waals surface area contributed by atoms with E-state index in [2.05, 4.69) is 23.3 Å². The van der Waals surface area contributed by atoms with Crippen LogP contribution < -0.4 is 10.6 Å². The molecule has 0 spiro atoms. The van der Waals surface area contributed by atoms with Gasteiger partial charge in [-0.05, 0) is 48.3 Å². The highest BCUT2D eigenvalue weighted by Gasteiger charge is 2.42. The largest absolute Gasteiger partial charge is 0.326 e. The predicted molar refractivity (Wildman–Crippen MR) is 79.5 cm³/mol. The molecule has 1 aliphatic carbocycles.